The van der Waals surface area contributed by atoms with E-state index in [2.05, 4.69) is 10.6 Å². The molecule has 25 heavy (non-hydrogen) atoms. The van der Waals surface area contributed by atoms with Crippen molar-refractivity contribution in [1.82, 2.24) is 10.6 Å². The Morgan fingerprint density at radius 3 is 2.60 bits per heavy atom. The van der Waals surface area contributed by atoms with Gasteiger partial charge in [-0.3, -0.25) is 0 Å². The van der Waals surface area contributed by atoms with E-state index in [1.165, 1.54) is 0 Å². The predicted octanol–water partition coefficient (Wildman–Crippen LogP) is 3.72. The molecule has 0 aliphatic heterocycles. The predicted molar refractivity (Wildman–Crippen MR) is 101 cm³/mol. The van der Waals surface area contributed by atoms with Crippen molar-refractivity contribution in [3.63, 3.8) is 0 Å². The molecule has 0 heterocycles. The number of amides is 1. The third kappa shape index (κ3) is 6.12. The van der Waals surface area contributed by atoms with Crippen molar-refractivity contribution in [1.29, 1.82) is 0 Å². The van der Waals surface area contributed by atoms with Gasteiger partial charge in [-0.25, -0.2) is 4.79 Å². The lowest BCUT2D eigenvalue weighted by atomic mass is 10.0. The van der Waals surface area contributed by atoms with Gasteiger partial charge in [0, 0.05) is 25.2 Å². The number of phenols is 1. The number of aromatic hydroxyl groups is 1. The van der Waals surface area contributed by atoms with E-state index in [9.17, 15) is 9.90 Å². The van der Waals surface area contributed by atoms with Crippen LogP contribution < -0.4 is 10.6 Å². The molecule has 134 valence electrons. The first-order valence-electron chi connectivity index (χ1n) is 8.39. The first kappa shape index (κ1) is 18.8. The van der Waals surface area contributed by atoms with Crippen molar-refractivity contribution < 1.29 is 14.6 Å². The highest BCUT2D eigenvalue weighted by Gasteiger charge is 2.14. The number of nitrogens with one attached hydrogen (secondary N) is 2. The lowest BCUT2D eigenvalue weighted by molar-refractivity contribution is 0.0534. The molecule has 0 saturated carbocycles. The Morgan fingerprint density at radius 2 is 1.84 bits per heavy atom. The summed E-state index contributed by atoms with van der Waals surface area (Å²) >= 11 is 0. The van der Waals surface area contributed by atoms with Crippen LogP contribution in [0.2, 0.25) is 0 Å². The molecule has 0 aliphatic rings. The molecule has 0 aliphatic carbocycles. The van der Waals surface area contributed by atoms with E-state index in [0.717, 1.165) is 16.3 Å². The van der Waals surface area contributed by atoms with Crippen molar-refractivity contribution in [3.8, 4) is 5.75 Å². The molecule has 5 nitrogen and oxygen atoms in total. The summed E-state index contributed by atoms with van der Waals surface area (Å²) in [6.45, 7) is 7.10. The number of alkyl carbamates (subject to hydrolysis) is 1. The van der Waals surface area contributed by atoms with Crippen LogP contribution in [0.15, 0.2) is 48.6 Å². The number of carbonyl (C=O) groups is 1. The van der Waals surface area contributed by atoms with Gasteiger partial charge in [0.1, 0.15) is 11.4 Å². The SMILES string of the molecule is CC(C)(C)OC(=O)NC/C=C/CNCc1c(O)ccc2ccccc12. The van der Waals surface area contributed by atoms with E-state index >= 15 is 0 Å². The first-order valence-corrected chi connectivity index (χ1v) is 8.39. The van der Waals surface area contributed by atoms with E-state index in [0.29, 0.717) is 25.4 Å². The van der Waals surface area contributed by atoms with Crippen molar-refractivity contribution in [2.24, 2.45) is 0 Å². The zero-order chi connectivity index (χ0) is 18.3. The highest BCUT2D eigenvalue weighted by molar-refractivity contribution is 5.87. The summed E-state index contributed by atoms with van der Waals surface area (Å²) in [5.41, 5.74) is 0.397. The Labute approximate surface area is 148 Å². The van der Waals surface area contributed by atoms with E-state index in [-0.39, 0.29) is 0 Å². The number of ether oxygens (including phenoxy) is 1. The van der Waals surface area contributed by atoms with E-state index < -0.39 is 11.7 Å². The molecule has 0 atom stereocenters. The maximum atomic E-state index is 11.5. The smallest absolute Gasteiger partial charge is 0.407 e. The van der Waals surface area contributed by atoms with Gasteiger partial charge in [-0.1, -0.05) is 42.5 Å². The number of hydrogen-bond donors (Lipinski definition) is 3. The Balaban J connectivity index is 1.77. The van der Waals surface area contributed by atoms with Crippen LogP contribution in [-0.4, -0.2) is 29.9 Å². The van der Waals surface area contributed by atoms with Gasteiger partial charge in [-0.15, -0.1) is 0 Å². The fourth-order valence-electron chi connectivity index (χ4n) is 2.41. The number of carbonyl (C=O) groups excluding carboxylic acids is 1. The molecule has 5 heteroatoms. The van der Waals surface area contributed by atoms with Crippen molar-refractivity contribution in [3.05, 3.63) is 54.1 Å². The minimum atomic E-state index is -0.490. The molecule has 0 fully saturated rings. The number of benzene rings is 2. The second-order valence-corrected chi connectivity index (χ2v) is 6.77. The molecule has 2 aromatic rings. The molecule has 2 aromatic carbocycles. The topological polar surface area (TPSA) is 70.6 Å². The fourth-order valence-corrected chi connectivity index (χ4v) is 2.41. The van der Waals surface area contributed by atoms with Crippen LogP contribution in [-0.2, 0) is 11.3 Å². The second kappa shape index (κ2) is 8.53. The van der Waals surface area contributed by atoms with Crippen LogP contribution in [0, 0.1) is 0 Å². The Morgan fingerprint density at radius 1 is 1.12 bits per heavy atom. The summed E-state index contributed by atoms with van der Waals surface area (Å²) in [6.07, 6.45) is 3.37. The highest BCUT2D eigenvalue weighted by atomic mass is 16.6. The van der Waals surface area contributed by atoms with Gasteiger partial charge >= 0.3 is 6.09 Å². The van der Waals surface area contributed by atoms with Crippen LogP contribution in [0.4, 0.5) is 4.79 Å². The van der Waals surface area contributed by atoms with Crippen molar-refractivity contribution >= 4 is 16.9 Å². The fraction of sp³-hybridized carbons (Fsp3) is 0.350. The lowest BCUT2D eigenvalue weighted by Gasteiger charge is -2.19. The number of rotatable bonds is 6. The molecule has 0 aromatic heterocycles. The maximum absolute atomic E-state index is 11.5. The number of hydrogen-bond acceptors (Lipinski definition) is 4. The summed E-state index contributed by atoms with van der Waals surface area (Å²) in [5.74, 6) is 0.293. The van der Waals surface area contributed by atoms with Gasteiger partial charge in [-0.05, 0) is 37.6 Å². The molecule has 1 amide bonds. The summed E-state index contributed by atoms with van der Waals surface area (Å²) in [5, 5.41) is 18.2. The van der Waals surface area contributed by atoms with Gasteiger partial charge in [0.15, 0.2) is 0 Å². The average Bonchev–Trinajstić information content (AvgIpc) is 2.54. The van der Waals surface area contributed by atoms with Gasteiger partial charge in [-0.2, -0.15) is 0 Å². The van der Waals surface area contributed by atoms with Crippen LogP contribution in [0.5, 0.6) is 5.75 Å². The molecule has 2 rings (SSSR count). The second-order valence-electron chi connectivity index (χ2n) is 6.77. The highest BCUT2D eigenvalue weighted by Crippen LogP contribution is 2.26. The normalized spacial score (nSPS) is 11.8. The van der Waals surface area contributed by atoms with Gasteiger partial charge < -0.3 is 20.5 Å². The zero-order valence-corrected chi connectivity index (χ0v) is 15.0. The summed E-state index contributed by atoms with van der Waals surface area (Å²) < 4.78 is 5.15. The standard InChI is InChI=1S/C20H26N2O3/c1-20(2,3)25-19(24)22-13-7-6-12-21-14-17-16-9-5-4-8-15(16)10-11-18(17)23/h4-11,21,23H,12-14H2,1-3H3,(H,22,24)/b7-6+. The van der Waals surface area contributed by atoms with E-state index in [4.69, 9.17) is 4.74 Å². The Hall–Kier alpha value is -2.53. The number of fused-ring (bicyclic) bond motifs is 1. The molecule has 0 bridgehead atoms. The summed E-state index contributed by atoms with van der Waals surface area (Å²) in [4.78, 5) is 11.5. The molecular formula is C20H26N2O3. The monoisotopic (exact) mass is 342 g/mol. The van der Waals surface area contributed by atoms with Crippen molar-refractivity contribution in [2.75, 3.05) is 13.1 Å². The molecule has 0 spiro atoms. The minimum absolute atomic E-state index is 0.293. The zero-order valence-electron chi connectivity index (χ0n) is 15.0. The van der Waals surface area contributed by atoms with Gasteiger partial charge in [0.25, 0.3) is 0 Å². The maximum Gasteiger partial charge on any atom is 0.407 e. The quantitative estimate of drug-likeness (QED) is 0.553. The average molecular weight is 342 g/mol. The van der Waals surface area contributed by atoms with Gasteiger partial charge in [0.2, 0.25) is 0 Å². The largest absolute Gasteiger partial charge is 0.508 e. The Kier molecular flexibility index (Phi) is 6.42. The molecule has 0 unspecified atom stereocenters. The van der Waals surface area contributed by atoms with Gasteiger partial charge in [0.05, 0.1) is 0 Å². The van der Waals surface area contributed by atoms with Crippen LogP contribution in [0.25, 0.3) is 10.8 Å². The van der Waals surface area contributed by atoms with Crippen molar-refractivity contribution in [2.45, 2.75) is 32.9 Å². The van der Waals surface area contributed by atoms with Crippen LogP contribution in [0.3, 0.4) is 0 Å². The molecule has 0 radical (unpaired) electrons. The van der Waals surface area contributed by atoms with Crippen LogP contribution in [0.1, 0.15) is 26.3 Å². The van der Waals surface area contributed by atoms with Crippen LogP contribution >= 0.6 is 0 Å². The molecule has 0 saturated heterocycles. The number of phenolic OH excluding ortho intramolecular Hbond substituents is 1. The third-order valence-corrected chi connectivity index (χ3v) is 3.51. The molecular weight excluding hydrogens is 316 g/mol. The third-order valence-electron chi connectivity index (χ3n) is 3.51. The summed E-state index contributed by atoms with van der Waals surface area (Å²) in [6, 6.07) is 11.6. The molecule has 3 N–H and O–H groups in total. The minimum Gasteiger partial charge on any atom is -0.508 e. The summed E-state index contributed by atoms with van der Waals surface area (Å²) in [7, 11) is 0. The van der Waals surface area contributed by atoms with E-state index in [1.54, 1.807) is 6.07 Å². The van der Waals surface area contributed by atoms with E-state index in [1.807, 2.05) is 63.3 Å². The first-order chi connectivity index (χ1) is 11.9. The lowest BCUT2D eigenvalue weighted by Crippen LogP contribution is -2.32. The Bertz CT molecular complexity index is 748.